The normalized spacial score (nSPS) is 10.1. The topological polar surface area (TPSA) is 29.3 Å². The Hall–Kier alpha value is -1.96. The van der Waals surface area contributed by atoms with Crippen LogP contribution in [0.5, 0.6) is 0 Å². The molecular weight excluding hydrogens is 196 g/mol. The van der Waals surface area contributed by atoms with Gasteiger partial charge in [0, 0.05) is 23.6 Å². The van der Waals surface area contributed by atoms with E-state index in [1.807, 2.05) is 30.3 Å². The van der Waals surface area contributed by atoms with Crippen LogP contribution in [0.15, 0.2) is 54.6 Å². The Morgan fingerprint density at radius 3 is 2.00 bits per heavy atom. The highest BCUT2D eigenvalue weighted by molar-refractivity contribution is 5.64. The van der Waals surface area contributed by atoms with Gasteiger partial charge in [0.15, 0.2) is 0 Å². The maximum absolute atomic E-state index is 5.69. The number of rotatable bonds is 3. The van der Waals surface area contributed by atoms with Crippen LogP contribution in [-0.2, 0) is 0 Å². The third-order valence-electron chi connectivity index (χ3n) is 2.59. The van der Waals surface area contributed by atoms with Crippen LogP contribution in [0.4, 0.5) is 17.1 Å². The van der Waals surface area contributed by atoms with Crippen molar-refractivity contribution in [3.8, 4) is 0 Å². The number of nitrogens with zero attached hydrogens (tertiary/aromatic N) is 1. The molecule has 0 unspecified atom stereocenters. The summed E-state index contributed by atoms with van der Waals surface area (Å²) in [7, 11) is 0. The molecule has 2 heteroatoms. The number of hydrogen-bond donors (Lipinski definition) is 1. The Morgan fingerprint density at radius 1 is 0.875 bits per heavy atom. The van der Waals surface area contributed by atoms with E-state index in [0.717, 1.165) is 12.2 Å². The van der Waals surface area contributed by atoms with Gasteiger partial charge in [-0.2, -0.15) is 0 Å². The number of nitrogen functional groups attached to an aromatic ring is 1. The van der Waals surface area contributed by atoms with Gasteiger partial charge in [0.05, 0.1) is 0 Å². The first-order valence-corrected chi connectivity index (χ1v) is 5.49. The molecule has 0 bridgehead atoms. The minimum Gasteiger partial charge on any atom is -0.399 e. The molecule has 0 fully saturated rings. The molecule has 82 valence electrons. The minimum atomic E-state index is 0.799. The minimum absolute atomic E-state index is 0.799. The summed E-state index contributed by atoms with van der Waals surface area (Å²) in [5, 5.41) is 0. The fourth-order valence-electron chi connectivity index (χ4n) is 1.78. The molecule has 2 rings (SSSR count). The Labute approximate surface area is 96.3 Å². The zero-order chi connectivity index (χ0) is 11.4. The molecule has 0 aromatic heterocycles. The molecule has 0 atom stereocenters. The Balaban J connectivity index is 2.33. The van der Waals surface area contributed by atoms with E-state index in [2.05, 4.69) is 36.1 Å². The quantitative estimate of drug-likeness (QED) is 0.790. The van der Waals surface area contributed by atoms with Crippen molar-refractivity contribution in [2.24, 2.45) is 0 Å². The first-order valence-electron chi connectivity index (χ1n) is 5.49. The van der Waals surface area contributed by atoms with E-state index in [1.54, 1.807) is 0 Å². The molecule has 0 aliphatic heterocycles. The van der Waals surface area contributed by atoms with Crippen LogP contribution in [0.1, 0.15) is 6.92 Å². The first-order chi connectivity index (χ1) is 7.81. The lowest BCUT2D eigenvalue weighted by Gasteiger charge is -2.23. The standard InChI is InChI=1S/C14H16N2/c1-2-16(13-6-4-3-5-7-13)14-10-8-12(15)9-11-14/h3-11H,2,15H2,1H3. The van der Waals surface area contributed by atoms with Crippen molar-refractivity contribution in [1.29, 1.82) is 0 Å². The monoisotopic (exact) mass is 212 g/mol. The van der Waals surface area contributed by atoms with Gasteiger partial charge in [0.25, 0.3) is 0 Å². The highest BCUT2D eigenvalue weighted by Crippen LogP contribution is 2.25. The second-order valence-corrected chi connectivity index (χ2v) is 3.67. The summed E-state index contributed by atoms with van der Waals surface area (Å²) in [6.07, 6.45) is 0. The molecule has 0 saturated carbocycles. The van der Waals surface area contributed by atoms with Crippen molar-refractivity contribution in [1.82, 2.24) is 0 Å². The second-order valence-electron chi connectivity index (χ2n) is 3.67. The highest BCUT2D eigenvalue weighted by atomic mass is 15.1. The van der Waals surface area contributed by atoms with Gasteiger partial charge in [-0.1, -0.05) is 18.2 Å². The van der Waals surface area contributed by atoms with E-state index in [-0.39, 0.29) is 0 Å². The van der Waals surface area contributed by atoms with E-state index >= 15 is 0 Å². The number of nitrogens with two attached hydrogens (primary N) is 1. The average molecular weight is 212 g/mol. The zero-order valence-electron chi connectivity index (χ0n) is 9.43. The summed E-state index contributed by atoms with van der Waals surface area (Å²) in [6, 6.07) is 18.3. The largest absolute Gasteiger partial charge is 0.399 e. The molecular formula is C14H16N2. The summed E-state index contributed by atoms with van der Waals surface area (Å²) < 4.78 is 0. The number of para-hydroxylation sites is 1. The highest BCUT2D eigenvalue weighted by Gasteiger charge is 2.05. The van der Waals surface area contributed by atoms with Crippen LogP contribution in [0.3, 0.4) is 0 Å². The van der Waals surface area contributed by atoms with Gasteiger partial charge in [-0.3, -0.25) is 0 Å². The molecule has 0 amide bonds. The van der Waals surface area contributed by atoms with Crippen LogP contribution in [0.25, 0.3) is 0 Å². The summed E-state index contributed by atoms with van der Waals surface area (Å²) in [5.41, 5.74) is 8.86. The van der Waals surface area contributed by atoms with E-state index < -0.39 is 0 Å². The molecule has 0 aliphatic carbocycles. The van der Waals surface area contributed by atoms with Gasteiger partial charge >= 0.3 is 0 Å². The second kappa shape index (κ2) is 4.71. The van der Waals surface area contributed by atoms with Crippen LogP contribution in [0.2, 0.25) is 0 Å². The van der Waals surface area contributed by atoms with Crippen LogP contribution in [0, 0.1) is 0 Å². The van der Waals surface area contributed by atoms with Crippen molar-refractivity contribution in [3.63, 3.8) is 0 Å². The van der Waals surface area contributed by atoms with Crippen LogP contribution < -0.4 is 10.6 Å². The number of benzene rings is 2. The van der Waals surface area contributed by atoms with Gasteiger partial charge in [-0.05, 0) is 43.3 Å². The van der Waals surface area contributed by atoms with Crippen LogP contribution >= 0.6 is 0 Å². The molecule has 0 radical (unpaired) electrons. The average Bonchev–Trinajstić information content (AvgIpc) is 2.34. The van der Waals surface area contributed by atoms with Gasteiger partial charge in [0.2, 0.25) is 0 Å². The SMILES string of the molecule is CCN(c1ccccc1)c1ccc(N)cc1. The van der Waals surface area contributed by atoms with Crippen LogP contribution in [-0.4, -0.2) is 6.54 Å². The summed E-state index contributed by atoms with van der Waals surface area (Å²) in [5.74, 6) is 0. The maximum Gasteiger partial charge on any atom is 0.0412 e. The van der Waals surface area contributed by atoms with E-state index in [1.165, 1.54) is 11.4 Å². The molecule has 0 heterocycles. The lowest BCUT2D eigenvalue weighted by Crippen LogP contribution is -2.15. The Kier molecular flexibility index (Phi) is 3.10. The number of anilines is 3. The molecule has 16 heavy (non-hydrogen) atoms. The van der Waals surface area contributed by atoms with Crippen molar-refractivity contribution in [2.45, 2.75) is 6.92 Å². The van der Waals surface area contributed by atoms with E-state index in [4.69, 9.17) is 5.73 Å². The fourth-order valence-corrected chi connectivity index (χ4v) is 1.78. The molecule has 2 aromatic rings. The molecule has 2 N–H and O–H groups in total. The summed E-state index contributed by atoms with van der Waals surface area (Å²) in [4.78, 5) is 2.25. The third-order valence-corrected chi connectivity index (χ3v) is 2.59. The van der Waals surface area contributed by atoms with Gasteiger partial charge in [0.1, 0.15) is 0 Å². The first kappa shape index (κ1) is 10.6. The Bertz CT molecular complexity index is 434. The lowest BCUT2D eigenvalue weighted by molar-refractivity contribution is 1.02. The summed E-state index contributed by atoms with van der Waals surface area (Å²) >= 11 is 0. The molecule has 2 nitrogen and oxygen atoms in total. The van der Waals surface area contributed by atoms with Gasteiger partial charge < -0.3 is 10.6 Å². The van der Waals surface area contributed by atoms with E-state index in [0.29, 0.717) is 0 Å². The molecule has 0 saturated heterocycles. The third kappa shape index (κ3) is 2.16. The smallest absolute Gasteiger partial charge is 0.0412 e. The Morgan fingerprint density at radius 2 is 1.44 bits per heavy atom. The van der Waals surface area contributed by atoms with Crippen molar-refractivity contribution < 1.29 is 0 Å². The van der Waals surface area contributed by atoms with Crippen molar-refractivity contribution >= 4 is 17.1 Å². The van der Waals surface area contributed by atoms with Crippen molar-refractivity contribution in [2.75, 3.05) is 17.2 Å². The number of hydrogen-bond acceptors (Lipinski definition) is 2. The molecule has 0 aliphatic rings. The predicted octanol–water partition coefficient (Wildman–Crippen LogP) is 3.43. The molecule has 2 aromatic carbocycles. The lowest BCUT2D eigenvalue weighted by atomic mass is 10.2. The fraction of sp³-hybridized carbons (Fsp3) is 0.143. The summed E-state index contributed by atoms with van der Waals surface area (Å²) in [6.45, 7) is 3.08. The van der Waals surface area contributed by atoms with Crippen molar-refractivity contribution in [3.05, 3.63) is 54.6 Å². The molecule has 0 spiro atoms. The zero-order valence-corrected chi connectivity index (χ0v) is 9.43. The van der Waals surface area contributed by atoms with Gasteiger partial charge in [-0.15, -0.1) is 0 Å². The maximum atomic E-state index is 5.69. The van der Waals surface area contributed by atoms with E-state index in [9.17, 15) is 0 Å². The van der Waals surface area contributed by atoms with Gasteiger partial charge in [-0.25, -0.2) is 0 Å². The predicted molar refractivity (Wildman–Crippen MR) is 70.0 cm³/mol.